The van der Waals surface area contributed by atoms with Crippen molar-refractivity contribution in [3.05, 3.63) is 34.9 Å². The van der Waals surface area contributed by atoms with E-state index in [0.29, 0.717) is 0 Å². The van der Waals surface area contributed by atoms with Crippen molar-refractivity contribution in [3.63, 3.8) is 0 Å². The van der Waals surface area contributed by atoms with E-state index in [9.17, 15) is 9.59 Å². The average molecular weight is 238 g/mol. The highest BCUT2D eigenvalue weighted by molar-refractivity contribution is 6.31. The molecule has 1 atom stereocenters. The molecule has 0 radical (unpaired) electrons. The Morgan fingerprint density at radius 2 is 2.12 bits per heavy atom. The van der Waals surface area contributed by atoms with Crippen LogP contribution < -0.4 is 0 Å². The van der Waals surface area contributed by atoms with Gasteiger partial charge in [0.2, 0.25) is 0 Å². The van der Waals surface area contributed by atoms with Crippen molar-refractivity contribution >= 4 is 23.4 Å². The second-order valence-electron chi connectivity index (χ2n) is 3.16. The summed E-state index contributed by atoms with van der Waals surface area (Å²) in [5.74, 6) is -1.63. The van der Waals surface area contributed by atoms with E-state index >= 15 is 0 Å². The number of rotatable bonds is 3. The molecule has 0 aliphatic carbocycles. The van der Waals surface area contributed by atoms with Gasteiger partial charge in [-0.3, -0.25) is 4.79 Å². The number of carbonyl (C=O) groups is 2. The van der Waals surface area contributed by atoms with Crippen LogP contribution in [-0.4, -0.2) is 16.9 Å². The van der Waals surface area contributed by atoms with Crippen LogP contribution in [0.5, 0.6) is 0 Å². The second-order valence-corrected chi connectivity index (χ2v) is 3.60. The fourth-order valence-corrected chi connectivity index (χ4v) is 1.51. The van der Waals surface area contributed by atoms with Crippen LogP contribution in [0.3, 0.4) is 0 Å². The predicted molar refractivity (Wildman–Crippen MR) is 57.4 cm³/mol. The molecule has 1 aromatic rings. The van der Waals surface area contributed by atoms with Gasteiger partial charge in [0.25, 0.3) is 0 Å². The van der Waals surface area contributed by atoms with Gasteiger partial charge in [-0.15, -0.1) is 11.6 Å². The van der Waals surface area contributed by atoms with E-state index in [0.717, 1.165) is 0 Å². The van der Waals surface area contributed by atoms with Gasteiger partial charge in [-0.25, -0.2) is 4.79 Å². The molecule has 0 saturated heterocycles. The molecule has 0 spiro atoms. The van der Waals surface area contributed by atoms with Gasteiger partial charge in [0.15, 0.2) is 5.78 Å². The summed E-state index contributed by atoms with van der Waals surface area (Å²) in [6, 6.07) is 6.06. The first kappa shape index (κ1) is 12.2. The number of carboxylic acids is 1. The van der Waals surface area contributed by atoms with E-state index in [2.05, 4.69) is 0 Å². The van der Waals surface area contributed by atoms with Crippen molar-refractivity contribution in [1.82, 2.24) is 0 Å². The number of Topliss-reactive ketones (excluding diaryl/α,β-unsaturated/α-hetero) is 1. The number of hydrogen-bond donors (Lipinski definition) is 1. The van der Waals surface area contributed by atoms with Gasteiger partial charge < -0.3 is 5.11 Å². The molecular formula is C11H8ClNO3. The van der Waals surface area contributed by atoms with Crippen molar-refractivity contribution in [2.75, 3.05) is 0 Å². The monoisotopic (exact) mass is 237 g/mol. The Labute approximate surface area is 97.1 Å². The molecule has 1 rings (SSSR count). The predicted octanol–water partition coefficient (Wildman–Crippen LogP) is 2.13. The molecule has 1 aromatic carbocycles. The van der Waals surface area contributed by atoms with Crippen LogP contribution in [0.1, 0.15) is 33.8 Å². The largest absolute Gasteiger partial charge is 0.478 e. The van der Waals surface area contributed by atoms with Crippen molar-refractivity contribution in [2.45, 2.75) is 12.3 Å². The normalized spacial score (nSPS) is 11.6. The molecule has 0 fully saturated rings. The Morgan fingerprint density at radius 1 is 1.50 bits per heavy atom. The first-order valence-electron chi connectivity index (χ1n) is 4.40. The van der Waals surface area contributed by atoms with Crippen LogP contribution in [0.4, 0.5) is 0 Å². The summed E-state index contributed by atoms with van der Waals surface area (Å²) in [4.78, 5) is 22.1. The Bertz CT molecular complexity index is 490. The van der Waals surface area contributed by atoms with E-state index < -0.39 is 11.3 Å². The van der Waals surface area contributed by atoms with Crippen molar-refractivity contribution in [3.8, 4) is 6.07 Å². The smallest absolute Gasteiger partial charge is 0.337 e. The SMILES string of the molecule is CC(=O)C(Cl)c1cccc(C#N)c1C(=O)O. The van der Waals surface area contributed by atoms with Gasteiger partial charge in [0.1, 0.15) is 11.4 Å². The zero-order valence-electron chi connectivity index (χ0n) is 8.40. The molecule has 82 valence electrons. The number of nitriles is 1. The first-order valence-corrected chi connectivity index (χ1v) is 4.83. The molecule has 0 heterocycles. The highest BCUT2D eigenvalue weighted by Crippen LogP contribution is 2.27. The van der Waals surface area contributed by atoms with E-state index in [1.54, 1.807) is 6.07 Å². The minimum atomic E-state index is -1.26. The third-order valence-electron chi connectivity index (χ3n) is 2.06. The molecule has 1 unspecified atom stereocenters. The molecule has 1 N–H and O–H groups in total. The fourth-order valence-electron chi connectivity index (χ4n) is 1.33. The van der Waals surface area contributed by atoms with Gasteiger partial charge in [-0.1, -0.05) is 12.1 Å². The lowest BCUT2D eigenvalue weighted by molar-refractivity contribution is -0.116. The van der Waals surface area contributed by atoms with Crippen molar-refractivity contribution in [2.24, 2.45) is 0 Å². The molecule has 0 saturated carbocycles. The summed E-state index contributed by atoms with van der Waals surface area (Å²) in [5, 5.41) is 16.7. The number of carboxylic acid groups (broad SMARTS) is 1. The quantitative estimate of drug-likeness (QED) is 0.817. The third kappa shape index (κ3) is 2.20. The highest BCUT2D eigenvalue weighted by Gasteiger charge is 2.23. The minimum absolute atomic E-state index is 0.00287. The van der Waals surface area contributed by atoms with Crippen LogP contribution in [0, 0.1) is 11.3 Å². The molecule has 0 aromatic heterocycles. The number of aromatic carboxylic acids is 1. The number of nitrogens with zero attached hydrogens (tertiary/aromatic N) is 1. The Hall–Kier alpha value is -1.86. The molecule has 16 heavy (non-hydrogen) atoms. The molecular weight excluding hydrogens is 230 g/mol. The standard InChI is InChI=1S/C11H8ClNO3/c1-6(14)10(12)8-4-2-3-7(5-13)9(8)11(15)16/h2-4,10H,1H3,(H,15,16). The number of alkyl halides is 1. The van der Waals surface area contributed by atoms with Gasteiger partial charge in [0.05, 0.1) is 11.1 Å². The maximum atomic E-state index is 11.1. The summed E-state index contributed by atoms with van der Waals surface area (Å²) in [5.41, 5.74) is -0.0576. The molecule has 0 amide bonds. The Morgan fingerprint density at radius 3 is 2.56 bits per heavy atom. The molecule has 0 aliphatic rings. The van der Waals surface area contributed by atoms with Crippen LogP contribution in [0.25, 0.3) is 0 Å². The van der Waals surface area contributed by atoms with Gasteiger partial charge in [-0.05, 0) is 18.6 Å². The Balaban J connectivity index is 3.46. The summed E-state index contributed by atoms with van der Waals surface area (Å²) in [7, 11) is 0. The average Bonchev–Trinajstić information content (AvgIpc) is 2.26. The number of halogens is 1. The maximum Gasteiger partial charge on any atom is 0.337 e. The second kappa shape index (κ2) is 4.77. The molecule has 0 aliphatic heterocycles. The lowest BCUT2D eigenvalue weighted by Crippen LogP contribution is -2.11. The Kier molecular flexibility index (Phi) is 3.64. The van der Waals surface area contributed by atoms with E-state index in [1.165, 1.54) is 25.1 Å². The van der Waals surface area contributed by atoms with Gasteiger partial charge >= 0.3 is 5.97 Å². The number of benzene rings is 1. The van der Waals surface area contributed by atoms with E-state index in [-0.39, 0.29) is 22.5 Å². The lowest BCUT2D eigenvalue weighted by Gasteiger charge is -2.10. The van der Waals surface area contributed by atoms with Crippen molar-refractivity contribution < 1.29 is 14.7 Å². The topological polar surface area (TPSA) is 78.2 Å². The highest BCUT2D eigenvalue weighted by atomic mass is 35.5. The summed E-state index contributed by atoms with van der Waals surface area (Å²) < 4.78 is 0. The summed E-state index contributed by atoms with van der Waals surface area (Å²) >= 11 is 5.80. The van der Waals surface area contributed by atoms with E-state index in [1.807, 2.05) is 0 Å². The molecule has 0 bridgehead atoms. The van der Waals surface area contributed by atoms with Gasteiger partial charge in [0, 0.05) is 0 Å². The first-order chi connectivity index (χ1) is 7.49. The number of carbonyl (C=O) groups excluding carboxylic acids is 1. The third-order valence-corrected chi connectivity index (χ3v) is 2.60. The summed E-state index contributed by atoms with van der Waals surface area (Å²) in [6.07, 6.45) is 0. The van der Waals surface area contributed by atoms with Crippen molar-refractivity contribution in [1.29, 1.82) is 5.26 Å². The summed E-state index contributed by atoms with van der Waals surface area (Å²) in [6.45, 7) is 1.27. The van der Waals surface area contributed by atoms with Crippen LogP contribution >= 0.6 is 11.6 Å². The van der Waals surface area contributed by atoms with Crippen LogP contribution in [0.15, 0.2) is 18.2 Å². The lowest BCUT2D eigenvalue weighted by atomic mass is 9.98. The van der Waals surface area contributed by atoms with Crippen LogP contribution in [-0.2, 0) is 4.79 Å². The zero-order chi connectivity index (χ0) is 12.3. The maximum absolute atomic E-state index is 11.1. The van der Waals surface area contributed by atoms with E-state index in [4.69, 9.17) is 22.0 Å². The number of ketones is 1. The minimum Gasteiger partial charge on any atom is -0.478 e. The molecule has 5 heteroatoms. The molecule has 4 nitrogen and oxygen atoms in total. The van der Waals surface area contributed by atoms with Crippen LogP contribution in [0.2, 0.25) is 0 Å². The number of hydrogen-bond acceptors (Lipinski definition) is 3. The van der Waals surface area contributed by atoms with Gasteiger partial charge in [-0.2, -0.15) is 5.26 Å². The zero-order valence-corrected chi connectivity index (χ0v) is 9.15. The fraction of sp³-hybridized carbons (Fsp3) is 0.182.